The van der Waals surface area contributed by atoms with Crippen LogP contribution in [0.3, 0.4) is 0 Å². The molecule has 1 aromatic carbocycles. The quantitative estimate of drug-likeness (QED) is 0.863. The highest BCUT2D eigenvalue weighted by Gasteiger charge is 2.15. The van der Waals surface area contributed by atoms with E-state index in [1.54, 1.807) is 24.9 Å². The number of benzene rings is 1. The molecule has 0 saturated carbocycles. The number of nitrogens with one attached hydrogen (secondary N) is 1. The molecule has 0 radical (unpaired) electrons. The van der Waals surface area contributed by atoms with Gasteiger partial charge in [0.15, 0.2) is 5.17 Å². The third-order valence-corrected chi connectivity index (χ3v) is 4.98. The van der Waals surface area contributed by atoms with Crippen LogP contribution < -0.4 is 10.1 Å². The van der Waals surface area contributed by atoms with Crippen LogP contribution in [0.25, 0.3) is 16.5 Å². The fraction of sp³-hybridized carbons (Fsp3) is 0.333. The Morgan fingerprint density at radius 1 is 1.42 bits per heavy atom. The van der Waals surface area contributed by atoms with Gasteiger partial charge in [0, 0.05) is 28.8 Å². The van der Waals surface area contributed by atoms with Gasteiger partial charge in [0.2, 0.25) is 5.91 Å². The molecule has 0 saturated heterocycles. The molecule has 1 aliphatic rings. The number of amides is 1. The van der Waals surface area contributed by atoms with E-state index in [1.165, 1.54) is 0 Å². The average molecular weight is 344 g/mol. The van der Waals surface area contributed by atoms with Crippen molar-refractivity contribution in [3.8, 4) is 5.75 Å². The van der Waals surface area contributed by atoms with Crippen molar-refractivity contribution in [3.63, 3.8) is 0 Å². The molecule has 3 rings (SSSR count). The Balaban J connectivity index is 1.95. The lowest BCUT2D eigenvalue weighted by Gasteiger charge is -2.09. The molecule has 1 aliphatic heterocycles. The number of rotatable bonds is 3. The van der Waals surface area contributed by atoms with Gasteiger partial charge in [0.1, 0.15) is 17.1 Å². The average Bonchev–Trinajstić information content (AvgIpc) is 3.14. The molecule has 2 heterocycles. The second-order valence-corrected chi connectivity index (χ2v) is 6.77. The van der Waals surface area contributed by atoms with Gasteiger partial charge in [0.25, 0.3) is 0 Å². The molecule has 5 nitrogen and oxygen atoms in total. The van der Waals surface area contributed by atoms with E-state index < -0.39 is 0 Å². The molecule has 6 heteroatoms. The maximum Gasteiger partial charge on any atom is 0.250 e. The molecule has 0 aliphatic carbocycles. The Morgan fingerprint density at radius 3 is 2.88 bits per heavy atom. The molecule has 0 bridgehead atoms. The number of ether oxygens (including phenoxy) is 1. The lowest BCUT2D eigenvalue weighted by molar-refractivity contribution is -0.115. The standard InChI is InChI=1S/C18H20N2O3S/c1-10(7-17(21)20-18-19-5-6-24-18)13-8-14-11(2)12(3)23-16(14)9-15(13)22-4/h7-9H,5-6H2,1-4H3,(H,19,20,21)/b10-7+. The van der Waals surface area contributed by atoms with E-state index in [0.717, 1.165) is 45.7 Å². The summed E-state index contributed by atoms with van der Waals surface area (Å²) >= 11 is 1.56. The van der Waals surface area contributed by atoms with Crippen molar-refractivity contribution in [1.29, 1.82) is 0 Å². The van der Waals surface area contributed by atoms with E-state index in [4.69, 9.17) is 9.15 Å². The fourth-order valence-corrected chi connectivity index (χ4v) is 3.40. The van der Waals surface area contributed by atoms with Gasteiger partial charge >= 0.3 is 0 Å². The van der Waals surface area contributed by atoms with E-state index >= 15 is 0 Å². The van der Waals surface area contributed by atoms with Crippen LogP contribution in [-0.2, 0) is 4.79 Å². The van der Waals surface area contributed by atoms with Crippen molar-refractivity contribution in [1.82, 2.24) is 5.32 Å². The van der Waals surface area contributed by atoms with Crippen LogP contribution in [-0.4, -0.2) is 30.5 Å². The molecular formula is C18H20N2O3S. The molecule has 126 valence electrons. The monoisotopic (exact) mass is 344 g/mol. The molecular weight excluding hydrogens is 324 g/mol. The van der Waals surface area contributed by atoms with Crippen LogP contribution in [0.5, 0.6) is 5.75 Å². The summed E-state index contributed by atoms with van der Waals surface area (Å²) in [4.78, 5) is 16.4. The number of aryl methyl sites for hydroxylation is 2. The largest absolute Gasteiger partial charge is 0.496 e. The van der Waals surface area contributed by atoms with Crippen LogP contribution >= 0.6 is 11.8 Å². The van der Waals surface area contributed by atoms with Gasteiger partial charge in [-0.15, -0.1) is 0 Å². The van der Waals surface area contributed by atoms with Crippen molar-refractivity contribution in [2.45, 2.75) is 20.8 Å². The number of amidine groups is 1. The molecule has 0 fully saturated rings. The second kappa shape index (κ2) is 6.73. The smallest absolute Gasteiger partial charge is 0.250 e. The number of nitrogens with zero attached hydrogens (tertiary/aromatic N) is 1. The highest BCUT2D eigenvalue weighted by atomic mass is 32.2. The molecule has 0 atom stereocenters. The number of allylic oxidation sites excluding steroid dienone is 1. The first kappa shape index (κ1) is 16.6. The Labute approximate surface area is 145 Å². The van der Waals surface area contributed by atoms with Crippen LogP contribution in [0.1, 0.15) is 23.8 Å². The summed E-state index contributed by atoms with van der Waals surface area (Å²) in [6.07, 6.45) is 1.58. The molecule has 1 aromatic heterocycles. The van der Waals surface area contributed by atoms with Gasteiger partial charge in [-0.05, 0) is 38.0 Å². The Hall–Kier alpha value is -2.21. The van der Waals surface area contributed by atoms with Crippen molar-refractivity contribution >= 4 is 39.4 Å². The number of hydrogen-bond donors (Lipinski definition) is 1. The van der Waals surface area contributed by atoms with Gasteiger partial charge in [0.05, 0.1) is 13.7 Å². The Kier molecular flexibility index (Phi) is 4.66. The fourth-order valence-electron chi connectivity index (χ4n) is 2.67. The van der Waals surface area contributed by atoms with E-state index in [9.17, 15) is 4.79 Å². The first-order valence-electron chi connectivity index (χ1n) is 7.74. The van der Waals surface area contributed by atoms with Crippen molar-refractivity contribution in [2.75, 3.05) is 19.4 Å². The van der Waals surface area contributed by atoms with Crippen LogP contribution in [0.15, 0.2) is 27.6 Å². The Morgan fingerprint density at radius 2 is 2.21 bits per heavy atom. The van der Waals surface area contributed by atoms with Crippen LogP contribution in [0, 0.1) is 13.8 Å². The lowest BCUT2D eigenvalue weighted by atomic mass is 10.0. The number of thioether (sulfide) groups is 1. The number of furan rings is 1. The van der Waals surface area contributed by atoms with Crippen molar-refractivity contribution in [3.05, 3.63) is 35.1 Å². The summed E-state index contributed by atoms with van der Waals surface area (Å²) < 4.78 is 11.2. The maximum absolute atomic E-state index is 12.2. The third-order valence-electron chi connectivity index (χ3n) is 4.08. The summed E-state index contributed by atoms with van der Waals surface area (Å²) in [5.74, 6) is 2.31. The summed E-state index contributed by atoms with van der Waals surface area (Å²) in [6.45, 7) is 6.62. The predicted molar refractivity (Wildman–Crippen MR) is 98.8 cm³/mol. The van der Waals surface area contributed by atoms with Crippen molar-refractivity contribution < 1.29 is 13.9 Å². The van der Waals surface area contributed by atoms with Gasteiger partial charge in [-0.1, -0.05) is 11.8 Å². The molecule has 2 aromatic rings. The maximum atomic E-state index is 12.2. The van der Waals surface area contributed by atoms with Crippen molar-refractivity contribution in [2.24, 2.45) is 4.99 Å². The normalized spacial score (nSPS) is 14.8. The molecule has 0 unspecified atom stereocenters. The van der Waals surface area contributed by atoms with Crippen LogP contribution in [0.4, 0.5) is 0 Å². The summed E-state index contributed by atoms with van der Waals surface area (Å²) in [7, 11) is 1.62. The third kappa shape index (κ3) is 3.19. The highest BCUT2D eigenvalue weighted by Crippen LogP contribution is 2.34. The molecule has 24 heavy (non-hydrogen) atoms. The van der Waals surface area contributed by atoms with Gasteiger partial charge in [-0.2, -0.15) is 0 Å². The van der Waals surface area contributed by atoms with Gasteiger partial charge in [-0.25, -0.2) is 0 Å². The van der Waals surface area contributed by atoms with Gasteiger partial charge < -0.3 is 14.5 Å². The minimum Gasteiger partial charge on any atom is -0.496 e. The van der Waals surface area contributed by atoms with E-state index in [-0.39, 0.29) is 5.91 Å². The zero-order valence-corrected chi connectivity index (χ0v) is 15.0. The van der Waals surface area contributed by atoms with E-state index in [0.29, 0.717) is 10.9 Å². The molecule has 0 spiro atoms. The molecule has 1 amide bonds. The number of methoxy groups -OCH3 is 1. The number of fused-ring (bicyclic) bond motifs is 1. The number of carbonyl (C=O) groups excluding carboxylic acids is 1. The topological polar surface area (TPSA) is 63.8 Å². The van der Waals surface area contributed by atoms with Gasteiger partial charge in [-0.3, -0.25) is 9.79 Å². The summed E-state index contributed by atoms with van der Waals surface area (Å²) in [5.41, 5.74) is 3.60. The minimum atomic E-state index is -0.178. The predicted octanol–water partition coefficient (Wildman–Crippen LogP) is 3.68. The summed E-state index contributed by atoms with van der Waals surface area (Å²) in [6, 6.07) is 3.89. The van der Waals surface area contributed by atoms with E-state index in [2.05, 4.69) is 10.3 Å². The Bertz CT molecular complexity index is 865. The van der Waals surface area contributed by atoms with Crippen LogP contribution in [0.2, 0.25) is 0 Å². The summed E-state index contributed by atoms with van der Waals surface area (Å²) in [5, 5.41) is 4.53. The first-order chi connectivity index (χ1) is 11.5. The zero-order valence-electron chi connectivity index (χ0n) is 14.2. The second-order valence-electron chi connectivity index (χ2n) is 5.68. The number of hydrogen-bond acceptors (Lipinski definition) is 5. The van der Waals surface area contributed by atoms with E-state index in [1.807, 2.05) is 32.9 Å². The minimum absolute atomic E-state index is 0.178. The number of aliphatic imine (C=N–C) groups is 1. The lowest BCUT2D eigenvalue weighted by Crippen LogP contribution is -2.25. The first-order valence-corrected chi connectivity index (χ1v) is 8.73. The molecule has 1 N–H and O–H groups in total. The highest BCUT2D eigenvalue weighted by molar-refractivity contribution is 8.14. The zero-order chi connectivity index (χ0) is 17.3. The number of carbonyl (C=O) groups is 1. The SMILES string of the molecule is COc1cc2oc(C)c(C)c2cc1/C(C)=C/C(=O)NC1=NCCS1.